The number of ether oxygens (including phenoxy) is 1. The number of hydrogen-bond donors (Lipinski definition) is 0. The van der Waals surface area contributed by atoms with Crippen LogP contribution in [-0.2, 0) is 5.41 Å². The van der Waals surface area contributed by atoms with E-state index in [0.29, 0.717) is 17.5 Å². The Morgan fingerprint density at radius 1 is 0.329 bits per heavy atom. The van der Waals surface area contributed by atoms with Gasteiger partial charge in [-0.25, -0.2) is 15.0 Å². The van der Waals surface area contributed by atoms with Crippen LogP contribution in [0, 0.1) is 0 Å². The van der Waals surface area contributed by atoms with Crippen LogP contribution in [0.4, 0.5) is 0 Å². The van der Waals surface area contributed by atoms with E-state index in [4.69, 9.17) is 19.7 Å². The van der Waals surface area contributed by atoms with Crippen molar-refractivity contribution >= 4 is 0 Å². The molecule has 1 spiro atoms. The van der Waals surface area contributed by atoms with Crippen LogP contribution < -0.4 is 4.74 Å². The molecule has 2 bridgehead atoms. The molecular formula is C64H39N5O. The first-order valence-electron chi connectivity index (χ1n) is 23.9. The van der Waals surface area contributed by atoms with Crippen LogP contribution in [0.3, 0.4) is 0 Å². The molecule has 6 heteroatoms. The fourth-order valence-electron chi connectivity index (χ4n) is 12.2. The Bertz CT molecular complexity index is 3900. The van der Waals surface area contributed by atoms with Gasteiger partial charge in [0.25, 0.3) is 0 Å². The van der Waals surface area contributed by atoms with Crippen LogP contribution in [0.25, 0.3) is 67.7 Å². The van der Waals surface area contributed by atoms with Crippen LogP contribution in [0.15, 0.2) is 225 Å². The van der Waals surface area contributed by atoms with Crippen molar-refractivity contribution in [3.05, 3.63) is 280 Å². The van der Waals surface area contributed by atoms with Crippen LogP contribution in [0.2, 0.25) is 0 Å². The number of nitrogens with zero attached hydrogens (tertiary/aromatic N) is 5. The lowest BCUT2D eigenvalue weighted by molar-refractivity contribution is 0.436. The molecule has 5 aliphatic rings. The van der Waals surface area contributed by atoms with Gasteiger partial charge in [0.1, 0.15) is 11.5 Å². The maximum atomic E-state index is 6.76. The molecule has 70 heavy (non-hydrogen) atoms. The predicted molar refractivity (Wildman–Crippen MR) is 275 cm³/mol. The minimum Gasteiger partial charge on any atom is -0.457 e. The van der Waals surface area contributed by atoms with E-state index in [1.54, 1.807) is 6.20 Å². The average Bonchev–Trinajstić information content (AvgIpc) is 3.73. The molecule has 2 unspecified atom stereocenters. The van der Waals surface area contributed by atoms with E-state index in [1.807, 2.05) is 30.3 Å². The molecule has 0 N–H and O–H groups in total. The van der Waals surface area contributed by atoms with Gasteiger partial charge >= 0.3 is 0 Å². The fraction of sp³-hybridized carbons (Fsp3) is 0.0469. The highest BCUT2D eigenvalue weighted by Crippen LogP contribution is 2.62. The lowest BCUT2D eigenvalue weighted by Gasteiger charge is -2.42. The monoisotopic (exact) mass is 893 g/mol. The van der Waals surface area contributed by atoms with Crippen LogP contribution >= 0.6 is 0 Å². The summed E-state index contributed by atoms with van der Waals surface area (Å²) in [6, 6.07) is 78.2. The molecule has 1 aliphatic heterocycles. The molecule has 3 heterocycles. The molecule has 0 radical (unpaired) electrons. The third-order valence-electron chi connectivity index (χ3n) is 15.2. The maximum absolute atomic E-state index is 6.76. The Hall–Kier alpha value is -9.13. The topological polar surface area (TPSA) is 73.7 Å². The summed E-state index contributed by atoms with van der Waals surface area (Å²) in [5, 5.41) is 8.60. The van der Waals surface area contributed by atoms with E-state index < -0.39 is 5.41 Å². The van der Waals surface area contributed by atoms with Gasteiger partial charge in [-0.05, 0) is 115 Å². The Labute approximate surface area is 404 Å². The highest BCUT2D eigenvalue weighted by molar-refractivity contribution is 5.89. The second-order valence-corrected chi connectivity index (χ2v) is 18.7. The van der Waals surface area contributed by atoms with Gasteiger partial charge in [0.2, 0.25) is 0 Å². The summed E-state index contributed by atoms with van der Waals surface area (Å²) >= 11 is 0. The lowest BCUT2D eigenvalue weighted by atomic mass is 9.60. The molecule has 16 rings (SSSR count). The normalized spacial score (nSPS) is 15.7. The molecule has 0 saturated heterocycles. The second-order valence-electron chi connectivity index (χ2n) is 18.7. The van der Waals surface area contributed by atoms with E-state index in [2.05, 4.69) is 198 Å². The predicted octanol–water partition coefficient (Wildman–Crippen LogP) is 14.5. The van der Waals surface area contributed by atoms with Crippen molar-refractivity contribution in [1.82, 2.24) is 25.1 Å². The summed E-state index contributed by atoms with van der Waals surface area (Å²) in [4.78, 5) is 15.6. The zero-order chi connectivity index (χ0) is 45.9. The standard InChI is InChI=1S/C64H39N5O/c1-2-13-39(14-3-1)61-66-62(68-63(67-61)43-30-33-58-55(37-43)64(54-21-10-11-23-57(54)70-58)52-19-8-6-15-44(52)45-16-7-9-20-53(45)64)40-26-24-38(25-27-40)41-28-31-48-50(35-41)59-46-17-4-5-18-47(46)60(48)51-36-42(29-32-49(51)59)56-22-12-34-65-69-56/h1-37,59-60H. The summed E-state index contributed by atoms with van der Waals surface area (Å²) in [6.45, 7) is 0. The fourth-order valence-corrected chi connectivity index (χ4v) is 12.2. The molecule has 0 amide bonds. The second kappa shape index (κ2) is 14.9. The average molecular weight is 894 g/mol. The third kappa shape index (κ3) is 5.59. The highest BCUT2D eigenvalue weighted by Gasteiger charge is 2.51. The SMILES string of the molecule is c1ccc(-c2nc(-c3ccc(-c4ccc5c(c4)C4c6ccccc6C5c5cc(-c6cccnn6)ccc54)cc3)nc(-c3ccc4c(c3)C3(c5ccccc5O4)c4ccccc4-c4ccccc43)n2)cc1. The molecule has 2 aromatic heterocycles. The number of hydrogen-bond acceptors (Lipinski definition) is 6. The van der Waals surface area contributed by atoms with Crippen molar-refractivity contribution < 1.29 is 4.74 Å². The largest absolute Gasteiger partial charge is 0.457 e. The quantitative estimate of drug-likeness (QED) is 0.171. The molecule has 4 aliphatic carbocycles. The molecule has 11 aromatic rings. The zero-order valence-electron chi connectivity index (χ0n) is 37.7. The lowest BCUT2D eigenvalue weighted by Crippen LogP contribution is -2.32. The highest BCUT2D eigenvalue weighted by atomic mass is 16.5. The van der Waals surface area contributed by atoms with E-state index in [0.717, 1.165) is 56.1 Å². The van der Waals surface area contributed by atoms with E-state index in [9.17, 15) is 0 Å². The minimum atomic E-state index is -0.605. The summed E-state index contributed by atoms with van der Waals surface area (Å²) in [5.74, 6) is 3.78. The van der Waals surface area contributed by atoms with Gasteiger partial charge in [0, 0.05) is 51.4 Å². The number of para-hydroxylation sites is 1. The zero-order valence-corrected chi connectivity index (χ0v) is 37.7. The smallest absolute Gasteiger partial charge is 0.164 e. The molecule has 9 aromatic carbocycles. The summed E-state index contributed by atoms with van der Waals surface area (Å²) < 4.78 is 6.76. The summed E-state index contributed by atoms with van der Waals surface area (Å²) in [6.07, 6.45) is 1.72. The van der Waals surface area contributed by atoms with Gasteiger partial charge in [-0.1, -0.05) is 170 Å². The van der Waals surface area contributed by atoms with Gasteiger partial charge < -0.3 is 4.74 Å². The van der Waals surface area contributed by atoms with Crippen molar-refractivity contribution in [2.45, 2.75) is 17.3 Å². The number of benzene rings is 9. The first kappa shape index (κ1) is 38.9. The molecule has 6 nitrogen and oxygen atoms in total. The summed E-state index contributed by atoms with van der Waals surface area (Å²) in [7, 11) is 0. The number of rotatable bonds is 5. The first-order valence-corrected chi connectivity index (χ1v) is 23.9. The van der Waals surface area contributed by atoms with Crippen LogP contribution in [0.5, 0.6) is 11.5 Å². The van der Waals surface area contributed by atoms with Gasteiger partial charge in [0.15, 0.2) is 17.5 Å². The van der Waals surface area contributed by atoms with E-state index in [-0.39, 0.29) is 11.8 Å². The molecule has 0 fully saturated rings. The van der Waals surface area contributed by atoms with Crippen molar-refractivity contribution in [2.75, 3.05) is 0 Å². The van der Waals surface area contributed by atoms with E-state index in [1.165, 1.54) is 61.2 Å². The van der Waals surface area contributed by atoms with Crippen molar-refractivity contribution in [3.63, 3.8) is 0 Å². The minimum absolute atomic E-state index is 0.138. The van der Waals surface area contributed by atoms with Gasteiger partial charge in [-0.15, -0.1) is 0 Å². The first-order chi connectivity index (χ1) is 34.7. The number of aromatic nitrogens is 5. The molecule has 2 atom stereocenters. The Kier molecular flexibility index (Phi) is 8.30. The maximum Gasteiger partial charge on any atom is 0.164 e. The third-order valence-corrected chi connectivity index (χ3v) is 15.2. The Morgan fingerprint density at radius 3 is 1.50 bits per heavy atom. The Balaban J connectivity index is 0.829. The van der Waals surface area contributed by atoms with Crippen molar-refractivity contribution in [3.8, 4) is 79.2 Å². The Morgan fingerprint density at radius 2 is 0.829 bits per heavy atom. The van der Waals surface area contributed by atoms with Crippen LogP contribution in [0.1, 0.15) is 67.5 Å². The van der Waals surface area contributed by atoms with Crippen molar-refractivity contribution in [1.29, 1.82) is 0 Å². The van der Waals surface area contributed by atoms with Crippen molar-refractivity contribution in [2.24, 2.45) is 0 Å². The van der Waals surface area contributed by atoms with E-state index >= 15 is 0 Å². The van der Waals surface area contributed by atoms with Gasteiger partial charge in [0.05, 0.1) is 11.1 Å². The molecule has 326 valence electrons. The number of fused-ring (bicyclic) bond motifs is 9. The van der Waals surface area contributed by atoms with Gasteiger partial charge in [-0.3, -0.25) is 0 Å². The van der Waals surface area contributed by atoms with Gasteiger partial charge in [-0.2, -0.15) is 10.2 Å². The summed E-state index contributed by atoms with van der Waals surface area (Å²) in [5.41, 5.74) is 21.7. The molecular weight excluding hydrogens is 855 g/mol. The molecule has 0 saturated carbocycles. The van der Waals surface area contributed by atoms with Crippen LogP contribution in [-0.4, -0.2) is 25.1 Å².